The smallest absolute Gasteiger partial charge is 0.243 e. The second kappa shape index (κ2) is 4.72. The van der Waals surface area contributed by atoms with Gasteiger partial charge in [-0.05, 0) is 31.7 Å². The first-order valence-electron chi connectivity index (χ1n) is 5.47. The van der Waals surface area contributed by atoms with Crippen molar-refractivity contribution in [2.45, 2.75) is 17.4 Å². The average molecular weight is 258 g/mol. The van der Waals surface area contributed by atoms with Crippen molar-refractivity contribution in [2.75, 3.05) is 20.1 Å². The fourth-order valence-electron chi connectivity index (χ4n) is 1.96. The van der Waals surface area contributed by atoms with Crippen molar-refractivity contribution >= 4 is 10.0 Å². The van der Waals surface area contributed by atoms with Gasteiger partial charge in [0.15, 0.2) is 0 Å². The number of halogens is 1. The second-order valence-corrected chi connectivity index (χ2v) is 6.03. The number of likely N-dealkylation sites (N-methyl/N-ethyl adjacent to an activating group) is 1. The minimum absolute atomic E-state index is 0.0225. The monoisotopic (exact) mass is 258 g/mol. The topological polar surface area (TPSA) is 49.4 Å². The molecule has 0 aromatic heterocycles. The molecule has 1 aliphatic rings. The van der Waals surface area contributed by atoms with Gasteiger partial charge in [0.2, 0.25) is 10.0 Å². The molecule has 6 heteroatoms. The first kappa shape index (κ1) is 12.5. The molecular formula is C11H15FN2O2S. The van der Waals surface area contributed by atoms with Crippen LogP contribution in [0.2, 0.25) is 0 Å². The van der Waals surface area contributed by atoms with E-state index in [4.69, 9.17) is 0 Å². The highest BCUT2D eigenvalue weighted by Gasteiger charge is 2.31. The zero-order valence-corrected chi connectivity index (χ0v) is 10.4. The summed E-state index contributed by atoms with van der Waals surface area (Å²) in [6.07, 6.45) is 0.783. The molecule has 0 aliphatic carbocycles. The first-order chi connectivity index (χ1) is 8.04. The highest BCUT2D eigenvalue weighted by molar-refractivity contribution is 7.89. The molecule has 0 saturated carbocycles. The molecule has 17 heavy (non-hydrogen) atoms. The zero-order valence-electron chi connectivity index (χ0n) is 9.56. The van der Waals surface area contributed by atoms with Crippen LogP contribution in [-0.2, 0) is 10.0 Å². The molecule has 2 rings (SSSR count). The van der Waals surface area contributed by atoms with Crippen molar-refractivity contribution in [3.8, 4) is 0 Å². The Bertz CT molecular complexity index is 504. The van der Waals surface area contributed by atoms with Gasteiger partial charge in [-0.25, -0.2) is 12.8 Å². The fourth-order valence-corrected chi connectivity index (χ4v) is 3.49. The van der Waals surface area contributed by atoms with E-state index in [1.807, 2.05) is 7.05 Å². The molecule has 0 radical (unpaired) electrons. The molecule has 1 saturated heterocycles. The lowest BCUT2D eigenvalue weighted by Crippen LogP contribution is -2.33. The van der Waals surface area contributed by atoms with E-state index in [1.165, 1.54) is 22.5 Å². The average Bonchev–Trinajstić information content (AvgIpc) is 2.78. The van der Waals surface area contributed by atoms with Crippen LogP contribution in [0.5, 0.6) is 0 Å². The summed E-state index contributed by atoms with van der Waals surface area (Å²) >= 11 is 0. The van der Waals surface area contributed by atoms with Crippen LogP contribution in [0.4, 0.5) is 4.39 Å². The van der Waals surface area contributed by atoms with Crippen LogP contribution in [-0.4, -0.2) is 38.9 Å². The van der Waals surface area contributed by atoms with Gasteiger partial charge in [0.1, 0.15) is 5.82 Å². The van der Waals surface area contributed by atoms with Gasteiger partial charge in [-0.3, -0.25) is 0 Å². The summed E-state index contributed by atoms with van der Waals surface area (Å²) < 4.78 is 38.8. The Hall–Kier alpha value is -0.980. The minimum Gasteiger partial charge on any atom is -0.316 e. The van der Waals surface area contributed by atoms with Crippen LogP contribution >= 0.6 is 0 Å². The van der Waals surface area contributed by atoms with Gasteiger partial charge < -0.3 is 5.32 Å². The Morgan fingerprint density at radius 1 is 1.47 bits per heavy atom. The molecule has 1 heterocycles. The number of benzene rings is 1. The normalized spacial score (nSPS) is 21.9. The highest BCUT2D eigenvalue weighted by Crippen LogP contribution is 2.21. The van der Waals surface area contributed by atoms with Crippen molar-refractivity contribution in [2.24, 2.45) is 0 Å². The summed E-state index contributed by atoms with van der Waals surface area (Å²) in [5.41, 5.74) is 0. The van der Waals surface area contributed by atoms with Crippen LogP contribution in [0.25, 0.3) is 0 Å². The third-order valence-corrected chi connectivity index (χ3v) is 4.85. The quantitative estimate of drug-likeness (QED) is 0.873. The molecule has 1 N–H and O–H groups in total. The summed E-state index contributed by atoms with van der Waals surface area (Å²) in [6, 6.07) is 5.30. The maximum atomic E-state index is 13.0. The minimum atomic E-state index is -3.55. The summed E-state index contributed by atoms with van der Waals surface area (Å²) in [4.78, 5) is 0.0225. The van der Waals surface area contributed by atoms with Crippen LogP contribution < -0.4 is 5.32 Å². The van der Waals surface area contributed by atoms with Gasteiger partial charge in [-0.2, -0.15) is 4.31 Å². The Balaban J connectivity index is 2.25. The number of hydrogen-bond acceptors (Lipinski definition) is 3. The lowest BCUT2D eigenvalue weighted by molar-refractivity contribution is 0.464. The highest BCUT2D eigenvalue weighted by atomic mass is 32.2. The Morgan fingerprint density at radius 3 is 2.82 bits per heavy atom. The summed E-state index contributed by atoms with van der Waals surface area (Å²) in [5, 5.41) is 3.05. The first-order valence-corrected chi connectivity index (χ1v) is 6.91. The van der Waals surface area contributed by atoms with Gasteiger partial charge in [-0.15, -0.1) is 0 Å². The summed E-state index contributed by atoms with van der Waals surface area (Å²) in [5.74, 6) is -0.532. The molecule has 0 bridgehead atoms. The number of nitrogens with one attached hydrogen (secondary N) is 1. The molecule has 4 nitrogen and oxygen atoms in total. The lowest BCUT2D eigenvalue weighted by Gasteiger charge is -2.16. The molecule has 94 valence electrons. The van der Waals surface area contributed by atoms with Gasteiger partial charge in [0.25, 0.3) is 0 Å². The third-order valence-electron chi connectivity index (χ3n) is 2.99. The van der Waals surface area contributed by atoms with E-state index >= 15 is 0 Å². The van der Waals surface area contributed by atoms with Gasteiger partial charge in [0, 0.05) is 19.1 Å². The van der Waals surface area contributed by atoms with Crippen molar-refractivity contribution in [3.63, 3.8) is 0 Å². The number of hydrogen-bond donors (Lipinski definition) is 1. The molecule has 1 aliphatic heterocycles. The van der Waals surface area contributed by atoms with Crippen LogP contribution in [0.3, 0.4) is 0 Å². The predicted octanol–water partition coefficient (Wildman–Crippen LogP) is 0.808. The molecule has 1 aromatic rings. The van der Waals surface area contributed by atoms with E-state index in [1.54, 1.807) is 0 Å². The maximum absolute atomic E-state index is 13.0. The maximum Gasteiger partial charge on any atom is 0.243 e. The van der Waals surface area contributed by atoms with E-state index in [9.17, 15) is 12.8 Å². The molecule has 0 amide bonds. The molecular weight excluding hydrogens is 243 g/mol. The molecule has 0 unspecified atom stereocenters. The van der Waals surface area contributed by atoms with Crippen molar-refractivity contribution in [3.05, 3.63) is 30.1 Å². The van der Waals surface area contributed by atoms with Crippen LogP contribution in [0, 0.1) is 5.82 Å². The standard InChI is InChI=1S/C11H15FN2O2S/c1-13-10-5-6-14(8-10)17(15,16)11-4-2-3-9(12)7-11/h2-4,7,10,13H,5-6,8H2,1H3/t10-/m0/s1. The summed E-state index contributed by atoms with van der Waals surface area (Å²) in [7, 11) is -1.74. The Labute approximate surface area is 100 Å². The van der Waals surface area contributed by atoms with E-state index in [0.29, 0.717) is 13.1 Å². The summed E-state index contributed by atoms with van der Waals surface area (Å²) in [6.45, 7) is 0.916. The molecule has 1 fully saturated rings. The van der Waals surface area contributed by atoms with E-state index in [0.717, 1.165) is 12.5 Å². The number of rotatable bonds is 3. The molecule has 1 aromatic carbocycles. The molecule has 1 atom stereocenters. The van der Waals surface area contributed by atoms with Crippen molar-refractivity contribution in [1.82, 2.24) is 9.62 Å². The van der Waals surface area contributed by atoms with Gasteiger partial charge in [0.05, 0.1) is 4.90 Å². The van der Waals surface area contributed by atoms with Crippen molar-refractivity contribution in [1.29, 1.82) is 0 Å². The fraction of sp³-hybridized carbons (Fsp3) is 0.455. The largest absolute Gasteiger partial charge is 0.316 e. The number of nitrogens with zero attached hydrogens (tertiary/aromatic N) is 1. The van der Waals surface area contributed by atoms with Crippen LogP contribution in [0.1, 0.15) is 6.42 Å². The van der Waals surface area contributed by atoms with Crippen LogP contribution in [0.15, 0.2) is 29.2 Å². The van der Waals surface area contributed by atoms with E-state index < -0.39 is 15.8 Å². The predicted molar refractivity (Wildman–Crippen MR) is 62.6 cm³/mol. The zero-order chi connectivity index (χ0) is 12.5. The van der Waals surface area contributed by atoms with E-state index in [-0.39, 0.29) is 10.9 Å². The third kappa shape index (κ3) is 2.48. The van der Waals surface area contributed by atoms with E-state index in [2.05, 4.69) is 5.32 Å². The number of sulfonamides is 1. The Morgan fingerprint density at radius 2 is 2.24 bits per heavy atom. The Kier molecular flexibility index (Phi) is 3.46. The lowest BCUT2D eigenvalue weighted by atomic mass is 10.3. The molecule has 0 spiro atoms. The second-order valence-electron chi connectivity index (χ2n) is 4.09. The SMILES string of the molecule is CN[C@H]1CCN(S(=O)(=O)c2cccc(F)c2)C1. The van der Waals surface area contributed by atoms with Gasteiger partial charge in [-0.1, -0.05) is 6.07 Å². The van der Waals surface area contributed by atoms with Crippen molar-refractivity contribution < 1.29 is 12.8 Å². The van der Waals surface area contributed by atoms with Gasteiger partial charge >= 0.3 is 0 Å².